The molecule has 0 fully saturated rings. The molecule has 172 valence electrons. The molecule has 0 radical (unpaired) electrons. The number of hydrogen-bond donors (Lipinski definition) is 1. The molecule has 0 spiro atoms. The Morgan fingerprint density at radius 1 is 0.867 bits per heavy atom. The van der Waals surface area contributed by atoms with Gasteiger partial charge in [-0.2, -0.15) is 0 Å². The van der Waals surface area contributed by atoms with Gasteiger partial charge in [0.05, 0.1) is 12.2 Å². The minimum absolute atomic E-state index is 0.102. The lowest BCUT2D eigenvalue weighted by molar-refractivity contribution is 0.0696. The Kier molecular flexibility index (Phi) is 13.8. The monoisotopic (exact) mass is 460 g/mol. The number of ether oxygens (including phenoxy) is 1. The molecule has 0 unspecified atom stereocenters. The summed E-state index contributed by atoms with van der Waals surface area (Å²) in [5, 5.41) is 9.00. The largest absolute Gasteiger partial charge is 0.492 e. The molecular formula is C23H37ClO5S. The summed E-state index contributed by atoms with van der Waals surface area (Å²) in [5.41, 5.74) is -0.141. The van der Waals surface area contributed by atoms with Crippen LogP contribution in [0.5, 0.6) is 5.75 Å². The second kappa shape index (κ2) is 15.5. The molecule has 1 aromatic rings. The fourth-order valence-electron chi connectivity index (χ4n) is 3.43. The van der Waals surface area contributed by atoms with Crippen molar-refractivity contribution in [1.82, 2.24) is 0 Å². The highest BCUT2D eigenvalue weighted by molar-refractivity contribution is 8.13. The van der Waals surface area contributed by atoms with E-state index in [0.717, 1.165) is 25.3 Å². The van der Waals surface area contributed by atoms with Gasteiger partial charge in [-0.1, -0.05) is 90.4 Å². The number of carboxylic acid groups (broad SMARTS) is 1. The summed E-state index contributed by atoms with van der Waals surface area (Å²) in [7, 11) is 1.33. The summed E-state index contributed by atoms with van der Waals surface area (Å²) in [6, 6.07) is 3.70. The van der Waals surface area contributed by atoms with Crippen LogP contribution in [-0.4, -0.2) is 26.1 Å². The van der Waals surface area contributed by atoms with Crippen molar-refractivity contribution in [3.8, 4) is 5.75 Å². The van der Waals surface area contributed by atoms with Gasteiger partial charge in [0.2, 0.25) is 0 Å². The van der Waals surface area contributed by atoms with E-state index >= 15 is 0 Å². The minimum atomic E-state index is -4.08. The first-order valence-electron chi connectivity index (χ1n) is 11.3. The third-order valence-electron chi connectivity index (χ3n) is 5.21. The van der Waals surface area contributed by atoms with Crippen LogP contribution >= 0.6 is 10.7 Å². The highest BCUT2D eigenvalue weighted by atomic mass is 35.7. The van der Waals surface area contributed by atoms with E-state index in [-0.39, 0.29) is 16.2 Å². The number of aromatic carboxylic acids is 1. The summed E-state index contributed by atoms with van der Waals surface area (Å²) in [6.45, 7) is 2.63. The first-order valence-corrected chi connectivity index (χ1v) is 13.6. The van der Waals surface area contributed by atoms with Crippen molar-refractivity contribution in [1.29, 1.82) is 0 Å². The van der Waals surface area contributed by atoms with Gasteiger partial charge < -0.3 is 9.84 Å². The predicted molar refractivity (Wildman–Crippen MR) is 122 cm³/mol. The lowest BCUT2D eigenvalue weighted by Crippen LogP contribution is -2.05. The number of rotatable bonds is 18. The maximum Gasteiger partial charge on any atom is 0.335 e. The molecule has 0 aliphatic heterocycles. The van der Waals surface area contributed by atoms with Gasteiger partial charge in [-0.25, -0.2) is 13.2 Å². The number of carbonyl (C=O) groups is 1. The van der Waals surface area contributed by atoms with Gasteiger partial charge in [0.25, 0.3) is 9.05 Å². The predicted octanol–water partition coefficient (Wildman–Crippen LogP) is 7.17. The molecule has 1 aromatic carbocycles. The molecule has 0 aliphatic rings. The molecule has 1 rings (SSSR count). The molecule has 0 aliphatic carbocycles. The average Bonchev–Trinajstić information content (AvgIpc) is 2.70. The van der Waals surface area contributed by atoms with Crippen molar-refractivity contribution in [3.63, 3.8) is 0 Å². The van der Waals surface area contributed by atoms with Gasteiger partial charge in [0.15, 0.2) is 0 Å². The summed E-state index contributed by atoms with van der Waals surface area (Å²) >= 11 is 0. The van der Waals surface area contributed by atoms with E-state index in [4.69, 9.17) is 20.5 Å². The van der Waals surface area contributed by atoms with Gasteiger partial charge in [-0.15, -0.1) is 0 Å². The molecule has 7 heteroatoms. The molecule has 0 saturated heterocycles. The van der Waals surface area contributed by atoms with E-state index in [1.807, 2.05) is 0 Å². The molecule has 0 heterocycles. The molecular weight excluding hydrogens is 424 g/mol. The van der Waals surface area contributed by atoms with Gasteiger partial charge >= 0.3 is 5.97 Å². The van der Waals surface area contributed by atoms with Gasteiger partial charge in [0, 0.05) is 10.7 Å². The van der Waals surface area contributed by atoms with E-state index in [9.17, 15) is 13.2 Å². The third-order valence-corrected chi connectivity index (χ3v) is 6.55. The Hall–Kier alpha value is -1.27. The van der Waals surface area contributed by atoms with Crippen LogP contribution in [0, 0.1) is 0 Å². The van der Waals surface area contributed by atoms with Crippen LogP contribution in [-0.2, 0) is 9.05 Å². The lowest BCUT2D eigenvalue weighted by Gasteiger charge is -2.10. The van der Waals surface area contributed by atoms with Crippen LogP contribution < -0.4 is 4.74 Å². The molecule has 30 heavy (non-hydrogen) atoms. The SMILES string of the molecule is CCCCCCCCCCCCCCCCOc1ccc(C(=O)O)cc1S(=O)(=O)Cl. The number of benzene rings is 1. The quantitative estimate of drug-likeness (QED) is 0.185. The molecule has 0 saturated carbocycles. The summed E-state index contributed by atoms with van der Waals surface area (Å²) in [5.74, 6) is -1.11. The zero-order valence-electron chi connectivity index (χ0n) is 18.2. The average molecular weight is 461 g/mol. The Bertz CT molecular complexity index is 718. The van der Waals surface area contributed by atoms with Crippen LogP contribution in [0.3, 0.4) is 0 Å². The number of unbranched alkanes of at least 4 members (excludes halogenated alkanes) is 13. The molecule has 0 bridgehead atoms. The van der Waals surface area contributed by atoms with Crippen molar-refractivity contribution in [2.24, 2.45) is 0 Å². The fourth-order valence-corrected chi connectivity index (χ4v) is 4.43. The number of hydrogen-bond acceptors (Lipinski definition) is 4. The van der Waals surface area contributed by atoms with Gasteiger partial charge in [-0.3, -0.25) is 0 Å². The zero-order chi connectivity index (χ0) is 22.2. The normalized spacial score (nSPS) is 11.5. The van der Waals surface area contributed by atoms with Crippen LogP contribution in [0.2, 0.25) is 0 Å². The van der Waals surface area contributed by atoms with Crippen molar-refractivity contribution in [2.45, 2.75) is 102 Å². The highest BCUT2D eigenvalue weighted by Gasteiger charge is 2.19. The van der Waals surface area contributed by atoms with E-state index in [0.29, 0.717) is 6.61 Å². The molecule has 5 nitrogen and oxygen atoms in total. The van der Waals surface area contributed by atoms with Crippen molar-refractivity contribution < 1.29 is 23.1 Å². The maximum atomic E-state index is 11.7. The maximum absolute atomic E-state index is 11.7. The Morgan fingerprint density at radius 2 is 1.33 bits per heavy atom. The minimum Gasteiger partial charge on any atom is -0.492 e. The number of halogens is 1. The van der Waals surface area contributed by atoms with Crippen LogP contribution in [0.25, 0.3) is 0 Å². The van der Waals surface area contributed by atoms with Crippen molar-refractivity contribution in [3.05, 3.63) is 23.8 Å². The Balaban J connectivity index is 2.11. The first-order chi connectivity index (χ1) is 14.4. The lowest BCUT2D eigenvalue weighted by atomic mass is 10.0. The van der Waals surface area contributed by atoms with Gasteiger partial charge in [-0.05, 0) is 24.6 Å². The second-order valence-corrected chi connectivity index (χ2v) is 10.4. The Morgan fingerprint density at radius 3 is 1.77 bits per heavy atom. The number of carboxylic acids is 1. The third kappa shape index (κ3) is 11.8. The van der Waals surface area contributed by atoms with Crippen LogP contribution in [0.1, 0.15) is 107 Å². The van der Waals surface area contributed by atoms with Crippen molar-refractivity contribution >= 4 is 25.7 Å². The zero-order valence-corrected chi connectivity index (χ0v) is 19.8. The van der Waals surface area contributed by atoms with Crippen LogP contribution in [0.4, 0.5) is 0 Å². The standard InChI is InChI=1S/C23H37ClO5S/c1-2-3-4-5-6-7-8-9-10-11-12-13-14-15-18-29-21-17-16-20(23(25)26)19-22(21)30(24,27)28/h16-17,19H,2-15,18H2,1H3,(H,25,26). The summed E-state index contributed by atoms with van der Waals surface area (Å²) < 4.78 is 28.9. The summed E-state index contributed by atoms with van der Waals surface area (Å²) in [6.07, 6.45) is 17.6. The Labute approximate surface area is 186 Å². The van der Waals surface area contributed by atoms with E-state index in [1.165, 1.54) is 82.8 Å². The van der Waals surface area contributed by atoms with E-state index in [1.54, 1.807) is 0 Å². The molecule has 0 atom stereocenters. The van der Waals surface area contributed by atoms with E-state index in [2.05, 4.69) is 6.92 Å². The first kappa shape index (κ1) is 26.8. The molecule has 0 aromatic heterocycles. The van der Waals surface area contributed by atoms with E-state index < -0.39 is 15.0 Å². The topological polar surface area (TPSA) is 80.7 Å². The highest BCUT2D eigenvalue weighted by Crippen LogP contribution is 2.28. The van der Waals surface area contributed by atoms with Crippen LogP contribution in [0.15, 0.2) is 23.1 Å². The van der Waals surface area contributed by atoms with Gasteiger partial charge in [0.1, 0.15) is 10.6 Å². The smallest absolute Gasteiger partial charge is 0.335 e. The molecule has 1 N–H and O–H groups in total. The second-order valence-electron chi connectivity index (χ2n) is 7.85. The molecule has 0 amide bonds. The van der Waals surface area contributed by atoms with Crippen molar-refractivity contribution in [2.75, 3.05) is 6.61 Å². The summed E-state index contributed by atoms with van der Waals surface area (Å²) in [4.78, 5) is 10.7. The fraction of sp³-hybridized carbons (Fsp3) is 0.696.